The fraction of sp³-hybridized carbons (Fsp3) is 0.838. The molecule has 0 aromatic rings. The van der Waals surface area contributed by atoms with Gasteiger partial charge in [0.25, 0.3) is 0 Å². The first-order chi connectivity index (χ1) is 24.4. The van der Waals surface area contributed by atoms with Crippen molar-refractivity contribution in [3.63, 3.8) is 0 Å². The third-order valence-corrected chi connectivity index (χ3v) is 9.78. The number of esters is 2. The van der Waals surface area contributed by atoms with Crippen molar-refractivity contribution in [2.24, 2.45) is 0 Å². The maximum absolute atomic E-state index is 12.7. The number of phosphoric ester groups is 1. The third-order valence-electron chi connectivity index (χ3n) is 8.80. The first-order valence-corrected chi connectivity index (χ1v) is 20.6. The Labute approximate surface area is 305 Å². The number of rotatable bonds is 30. The van der Waals surface area contributed by atoms with Crippen LogP contribution in [0.2, 0.25) is 0 Å². The average molecular weight is 751 g/mol. The van der Waals surface area contributed by atoms with E-state index >= 15 is 0 Å². The molecular weight excluding hydrogens is 683 g/mol. The van der Waals surface area contributed by atoms with Crippen LogP contribution in [0.25, 0.3) is 0 Å². The standard InChI is InChI=1S/C37H67O13P/c1-3-5-7-9-10-11-12-13-14-15-16-17-18-19-20-21-22-24-26-31(39)49-29(27-47-30(38)25-23-8-6-4-2)28-48-51(45,46)50-37-35(43)33(41)32(40)34(42)36(37)44/h11-12,14-15,29,32-37,40-44H,3-10,13,16-28H2,1-2H3,(H,45,46)/b12-11-,15-14-. The van der Waals surface area contributed by atoms with Crippen LogP contribution in [0.1, 0.15) is 142 Å². The number of aliphatic hydroxyl groups is 5. The topological polar surface area (TPSA) is 210 Å². The molecule has 6 unspecified atom stereocenters. The van der Waals surface area contributed by atoms with E-state index in [1.807, 2.05) is 6.92 Å². The van der Waals surface area contributed by atoms with Gasteiger partial charge in [-0.15, -0.1) is 0 Å². The highest BCUT2D eigenvalue weighted by Gasteiger charge is 2.51. The Morgan fingerprint density at radius 3 is 1.61 bits per heavy atom. The lowest BCUT2D eigenvalue weighted by atomic mass is 9.85. The van der Waals surface area contributed by atoms with Gasteiger partial charge in [-0.3, -0.25) is 18.6 Å². The van der Waals surface area contributed by atoms with Gasteiger partial charge in [-0.25, -0.2) is 4.57 Å². The van der Waals surface area contributed by atoms with E-state index in [1.54, 1.807) is 0 Å². The lowest BCUT2D eigenvalue weighted by Gasteiger charge is -2.41. The van der Waals surface area contributed by atoms with Crippen LogP contribution in [0.3, 0.4) is 0 Å². The quantitative estimate of drug-likeness (QED) is 0.0225. The molecule has 0 aromatic heterocycles. The number of hydrogen-bond acceptors (Lipinski definition) is 12. The second kappa shape index (κ2) is 28.8. The van der Waals surface area contributed by atoms with E-state index in [-0.39, 0.29) is 12.8 Å². The number of unbranched alkanes of at least 4 members (excludes halogenated alkanes) is 14. The Bertz CT molecular complexity index is 1010. The Kier molecular flexibility index (Phi) is 26.7. The van der Waals surface area contributed by atoms with Crippen LogP contribution in [0.15, 0.2) is 24.3 Å². The summed E-state index contributed by atoms with van der Waals surface area (Å²) in [7, 11) is -5.10. The fourth-order valence-electron chi connectivity index (χ4n) is 5.61. The third kappa shape index (κ3) is 22.2. The molecule has 0 radical (unpaired) electrons. The molecule has 0 heterocycles. The lowest BCUT2D eigenvalue weighted by Crippen LogP contribution is -2.64. The second-order valence-corrected chi connectivity index (χ2v) is 14.8. The molecule has 0 saturated heterocycles. The molecule has 1 aliphatic rings. The average Bonchev–Trinajstić information content (AvgIpc) is 3.10. The number of hydrogen-bond donors (Lipinski definition) is 6. The van der Waals surface area contributed by atoms with Crippen LogP contribution in [0.4, 0.5) is 0 Å². The van der Waals surface area contributed by atoms with Crippen LogP contribution in [0, 0.1) is 0 Å². The highest BCUT2D eigenvalue weighted by molar-refractivity contribution is 7.47. The van der Waals surface area contributed by atoms with Gasteiger partial charge in [0, 0.05) is 12.8 Å². The number of carbonyl (C=O) groups is 2. The van der Waals surface area contributed by atoms with Crippen LogP contribution >= 0.6 is 7.82 Å². The molecule has 1 rings (SSSR count). The van der Waals surface area contributed by atoms with E-state index in [0.29, 0.717) is 12.8 Å². The zero-order chi connectivity index (χ0) is 37.9. The number of allylic oxidation sites excluding steroid dienone is 4. The normalized spacial score (nSPS) is 24.2. The number of aliphatic hydroxyl groups excluding tert-OH is 5. The smallest absolute Gasteiger partial charge is 0.462 e. The SMILES string of the molecule is CCCCCC/C=C\C/C=C\CCCCCCCCCC(=O)OC(COC(=O)CCCCCC)COP(=O)(O)OC1C(O)C(O)C(O)C(O)C1O. The minimum absolute atomic E-state index is 0.0886. The molecule has 6 atom stereocenters. The molecule has 1 aliphatic carbocycles. The van der Waals surface area contributed by atoms with Gasteiger partial charge in [0.05, 0.1) is 6.61 Å². The predicted octanol–water partition coefficient (Wildman–Crippen LogP) is 5.72. The molecule has 298 valence electrons. The minimum Gasteiger partial charge on any atom is -0.462 e. The van der Waals surface area contributed by atoms with Crippen molar-refractivity contribution in [3.05, 3.63) is 24.3 Å². The number of phosphoric acid groups is 1. The molecule has 14 heteroatoms. The lowest BCUT2D eigenvalue weighted by molar-refractivity contribution is -0.220. The summed E-state index contributed by atoms with van der Waals surface area (Å²) >= 11 is 0. The van der Waals surface area contributed by atoms with Crippen molar-refractivity contribution in [1.82, 2.24) is 0 Å². The predicted molar refractivity (Wildman–Crippen MR) is 193 cm³/mol. The van der Waals surface area contributed by atoms with E-state index in [4.69, 9.17) is 18.5 Å². The Morgan fingerprint density at radius 1 is 0.608 bits per heavy atom. The number of ether oxygens (including phenoxy) is 2. The molecule has 51 heavy (non-hydrogen) atoms. The molecule has 6 N–H and O–H groups in total. The van der Waals surface area contributed by atoms with Crippen molar-refractivity contribution in [2.45, 2.75) is 185 Å². The van der Waals surface area contributed by atoms with Gasteiger partial charge in [-0.2, -0.15) is 0 Å². The van der Waals surface area contributed by atoms with Gasteiger partial charge in [0.2, 0.25) is 0 Å². The summed E-state index contributed by atoms with van der Waals surface area (Å²) in [5, 5.41) is 49.7. The molecule has 0 spiro atoms. The van der Waals surface area contributed by atoms with Crippen LogP contribution in [-0.2, 0) is 32.7 Å². The maximum Gasteiger partial charge on any atom is 0.472 e. The highest BCUT2D eigenvalue weighted by Crippen LogP contribution is 2.47. The fourth-order valence-corrected chi connectivity index (χ4v) is 6.58. The summed E-state index contributed by atoms with van der Waals surface area (Å²) in [6.07, 6.45) is 14.8. The minimum atomic E-state index is -5.10. The van der Waals surface area contributed by atoms with E-state index in [1.165, 1.54) is 32.1 Å². The first kappa shape index (κ1) is 47.4. The summed E-state index contributed by atoms with van der Waals surface area (Å²) in [6, 6.07) is 0. The Morgan fingerprint density at radius 2 is 1.06 bits per heavy atom. The van der Waals surface area contributed by atoms with Crippen molar-refractivity contribution in [1.29, 1.82) is 0 Å². The van der Waals surface area contributed by atoms with Crippen LogP contribution in [0.5, 0.6) is 0 Å². The van der Waals surface area contributed by atoms with Crippen molar-refractivity contribution >= 4 is 19.8 Å². The number of carbonyl (C=O) groups excluding carboxylic acids is 2. The van der Waals surface area contributed by atoms with Crippen molar-refractivity contribution < 1.29 is 63.1 Å². The molecule has 13 nitrogen and oxygen atoms in total. The van der Waals surface area contributed by atoms with E-state index in [0.717, 1.165) is 70.6 Å². The molecular formula is C37H67O13P. The highest BCUT2D eigenvalue weighted by atomic mass is 31.2. The molecule has 0 amide bonds. The Balaban J connectivity index is 2.43. The molecule has 0 bridgehead atoms. The van der Waals surface area contributed by atoms with E-state index in [2.05, 4.69) is 31.2 Å². The summed E-state index contributed by atoms with van der Waals surface area (Å²) in [5.74, 6) is -1.13. The Hall–Kier alpha value is -1.67. The van der Waals surface area contributed by atoms with Crippen molar-refractivity contribution in [3.8, 4) is 0 Å². The zero-order valence-corrected chi connectivity index (χ0v) is 31.8. The monoisotopic (exact) mass is 750 g/mol. The molecule has 1 saturated carbocycles. The van der Waals surface area contributed by atoms with Gasteiger partial charge in [-0.05, 0) is 44.9 Å². The largest absolute Gasteiger partial charge is 0.472 e. The summed E-state index contributed by atoms with van der Waals surface area (Å²) in [6.45, 7) is 3.09. The molecule has 0 aliphatic heterocycles. The summed E-state index contributed by atoms with van der Waals surface area (Å²) in [5.41, 5.74) is 0. The summed E-state index contributed by atoms with van der Waals surface area (Å²) in [4.78, 5) is 35.1. The van der Waals surface area contributed by atoms with E-state index < -0.39 is 75.7 Å². The van der Waals surface area contributed by atoms with Crippen LogP contribution < -0.4 is 0 Å². The van der Waals surface area contributed by atoms with Gasteiger partial charge < -0.3 is 39.9 Å². The van der Waals surface area contributed by atoms with E-state index in [9.17, 15) is 44.6 Å². The van der Waals surface area contributed by atoms with Gasteiger partial charge in [-0.1, -0.05) is 109 Å². The van der Waals surface area contributed by atoms with Gasteiger partial charge in [0.15, 0.2) is 6.10 Å². The van der Waals surface area contributed by atoms with Gasteiger partial charge in [0.1, 0.15) is 43.2 Å². The maximum atomic E-state index is 12.7. The zero-order valence-electron chi connectivity index (χ0n) is 30.9. The summed E-state index contributed by atoms with van der Waals surface area (Å²) < 4.78 is 33.1. The first-order valence-electron chi connectivity index (χ1n) is 19.1. The van der Waals surface area contributed by atoms with Gasteiger partial charge >= 0.3 is 19.8 Å². The van der Waals surface area contributed by atoms with Crippen LogP contribution in [-0.4, -0.2) is 98.3 Å². The molecule has 0 aromatic carbocycles. The molecule has 1 fully saturated rings. The second-order valence-electron chi connectivity index (χ2n) is 13.4. The van der Waals surface area contributed by atoms with Crippen molar-refractivity contribution in [2.75, 3.05) is 13.2 Å².